The second-order valence-electron chi connectivity index (χ2n) is 9.44. The fourth-order valence-corrected chi connectivity index (χ4v) is 3.85. The van der Waals surface area contributed by atoms with Crippen molar-refractivity contribution in [2.75, 3.05) is 26.0 Å². The number of carbonyl (C=O) groups is 3. The van der Waals surface area contributed by atoms with E-state index in [1.54, 1.807) is 32.3 Å². The predicted molar refractivity (Wildman–Crippen MR) is 141 cm³/mol. The molecule has 0 atom stereocenters. The van der Waals surface area contributed by atoms with Crippen molar-refractivity contribution in [3.8, 4) is 5.75 Å². The van der Waals surface area contributed by atoms with Crippen LogP contribution in [-0.2, 0) is 20.8 Å². The zero-order valence-electron chi connectivity index (χ0n) is 22.1. The monoisotopic (exact) mass is 490 g/mol. The van der Waals surface area contributed by atoms with E-state index in [0.717, 1.165) is 18.4 Å². The maximum Gasteiger partial charge on any atom is 0.303 e. The average molecular weight is 491 g/mol. The first-order chi connectivity index (χ1) is 16.8. The number of ether oxygens (including phenoxy) is 1. The van der Waals surface area contributed by atoms with Crippen LogP contribution in [0.25, 0.3) is 0 Å². The summed E-state index contributed by atoms with van der Waals surface area (Å²) in [6.45, 7) is 2.84. The van der Waals surface area contributed by atoms with E-state index < -0.39 is 5.97 Å². The lowest BCUT2D eigenvalue weighted by atomic mass is 10.1. The second kappa shape index (κ2) is 18.7. The molecule has 0 spiro atoms. The highest BCUT2D eigenvalue weighted by Gasteiger charge is 2.11. The summed E-state index contributed by atoms with van der Waals surface area (Å²) in [5.74, 6) is -0.361. The molecular weight excluding hydrogens is 444 g/mol. The fraction of sp³-hybridized carbons (Fsp3) is 0.679. The van der Waals surface area contributed by atoms with Crippen LogP contribution >= 0.6 is 0 Å². The van der Waals surface area contributed by atoms with Gasteiger partial charge in [-0.1, -0.05) is 64.7 Å². The van der Waals surface area contributed by atoms with Crippen molar-refractivity contribution in [1.82, 2.24) is 4.90 Å². The van der Waals surface area contributed by atoms with Gasteiger partial charge in [-0.2, -0.15) is 0 Å². The number of amides is 2. The van der Waals surface area contributed by atoms with Crippen molar-refractivity contribution >= 4 is 23.5 Å². The fourth-order valence-electron chi connectivity index (χ4n) is 3.85. The number of hydrogen-bond donors (Lipinski definition) is 2. The van der Waals surface area contributed by atoms with Gasteiger partial charge in [-0.25, -0.2) is 0 Å². The van der Waals surface area contributed by atoms with E-state index in [2.05, 4.69) is 12.2 Å². The predicted octanol–water partition coefficient (Wildman–Crippen LogP) is 6.20. The molecular formula is C28H46N2O5. The summed E-state index contributed by atoms with van der Waals surface area (Å²) in [6.07, 6.45) is 14.0. The maximum absolute atomic E-state index is 12.2. The number of carboxylic acids is 1. The first kappa shape index (κ1) is 30.5. The average Bonchev–Trinajstić information content (AvgIpc) is 2.81. The molecule has 35 heavy (non-hydrogen) atoms. The molecule has 2 N–H and O–H groups in total. The number of unbranched alkanes of at least 4 members (excludes halogenated alkanes) is 9. The third kappa shape index (κ3) is 15.1. The first-order valence-electron chi connectivity index (χ1n) is 13.3. The van der Waals surface area contributed by atoms with Crippen LogP contribution in [0.15, 0.2) is 18.2 Å². The first-order valence-corrected chi connectivity index (χ1v) is 13.3. The van der Waals surface area contributed by atoms with E-state index in [1.165, 1.54) is 56.3 Å². The number of nitrogens with one attached hydrogen (secondary N) is 1. The molecule has 0 radical (unpaired) electrons. The molecule has 2 amide bonds. The number of anilines is 1. The Balaban J connectivity index is 2.44. The van der Waals surface area contributed by atoms with E-state index in [0.29, 0.717) is 37.3 Å². The Morgan fingerprint density at radius 1 is 0.857 bits per heavy atom. The zero-order valence-corrected chi connectivity index (χ0v) is 22.1. The normalized spacial score (nSPS) is 10.7. The van der Waals surface area contributed by atoms with Gasteiger partial charge in [0, 0.05) is 39.0 Å². The summed E-state index contributed by atoms with van der Waals surface area (Å²) < 4.78 is 5.97. The molecule has 7 heteroatoms. The van der Waals surface area contributed by atoms with Crippen molar-refractivity contribution < 1.29 is 24.2 Å². The van der Waals surface area contributed by atoms with Crippen LogP contribution in [0.4, 0.5) is 5.69 Å². The maximum atomic E-state index is 12.2. The molecule has 0 aliphatic carbocycles. The summed E-state index contributed by atoms with van der Waals surface area (Å²) in [5.41, 5.74) is 1.39. The number of rotatable bonds is 20. The van der Waals surface area contributed by atoms with E-state index in [-0.39, 0.29) is 24.7 Å². The van der Waals surface area contributed by atoms with Crippen LogP contribution in [0.5, 0.6) is 5.75 Å². The van der Waals surface area contributed by atoms with Crippen molar-refractivity contribution in [1.29, 1.82) is 0 Å². The Labute approximate surface area is 211 Å². The Morgan fingerprint density at radius 2 is 1.49 bits per heavy atom. The largest absolute Gasteiger partial charge is 0.493 e. The molecule has 0 aliphatic heterocycles. The standard InChI is InChI=1S/C28H46N2O5/c1-4-5-6-7-8-9-10-11-12-13-21-35-25-19-18-24(22-23(25)17-20-28(33)34)29-26(31)15-14-16-27(32)30(2)3/h18-19,22H,4-17,20-21H2,1-3H3,(H,29,31)(H,33,34). The van der Waals surface area contributed by atoms with Gasteiger partial charge in [0.2, 0.25) is 11.8 Å². The minimum Gasteiger partial charge on any atom is -0.493 e. The van der Waals surface area contributed by atoms with Gasteiger partial charge in [-0.05, 0) is 43.0 Å². The molecule has 1 aromatic rings. The van der Waals surface area contributed by atoms with Crippen molar-refractivity contribution in [3.63, 3.8) is 0 Å². The quantitative estimate of drug-likeness (QED) is 0.212. The lowest BCUT2D eigenvalue weighted by Crippen LogP contribution is -2.21. The van der Waals surface area contributed by atoms with Crippen molar-refractivity contribution in [2.45, 2.75) is 103 Å². The van der Waals surface area contributed by atoms with Crippen LogP contribution in [0.1, 0.15) is 102 Å². The molecule has 7 nitrogen and oxygen atoms in total. The van der Waals surface area contributed by atoms with E-state index in [4.69, 9.17) is 9.84 Å². The van der Waals surface area contributed by atoms with Gasteiger partial charge >= 0.3 is 5.97 Å². The molecule has 1 aromatic carbocycles. The number of benzene rings is 1. The highest BCUT2D eigenvalue weighted by Crippen LogP contribution is 2.25. The number of carbonyl (C=O) groups excluding carboxylic acids is 2. The minimum atomic E-state index is -0.870. The molecule has 198 valence electrons. The summed E-state index contributed by atoms with van der Waals surface area (Å²) in [7, 11) is 3.39. The highest BCUT2D eigenvalue weighted by atomic mass is 16.5. The van der Waals surface area contributed by atoms with E-state index in [9.17, 15) is 14.4 Å². The molecule has 0 heterocycles. The van der Waals surface area contributed by atoms with Crippen molar-refractivity contribution in [2.24, 2.45) is 0 Å². The topological polar surface area (TPSA) is 95.9 Å². The Bertz CT molecular complexity index is 764. The van der Waals surface area contributed by atoms with Gasteiger partial charge < -0.3 is 20.1 Å². The van der Waals surface area contributed by atoms with Crippen molar-refractivity contribution in [3.05, 3.63) is 23.8 Å². The minimum absolute atomic E-state index is 0.00133. The van der Waals surface area contributed by atoms with Gasteiger partial charge in [0.15, 0.2) is 0 Å². The molecule has 0 aromatic heterocycles. The molecule has 0 fully saturated rings. The third-order valence-electron chi connectivity index (χ3n) is 6.00. The van der Waals surface area contributed by atoms with Crippen LogP contribution in [-0.4, -0.2) is 48.5 Å². The summed E-state index contributed by atoms with van der Waals surface area (Å²) >= 11 is 0. The van der Waals surface area contributed by atoms with E-state index >= 15 is 0 Å². The molecule has 0 saturated heterocycles. The van der Waals surface area contributed by atoms with Gasteiger partial charge in [0.05, 0.1) is 6.61 Å². The SMILES string of the molecule is CCCCCCCCCCCCOc1ccc(NC(=O)CCCC(=O)N(C)C)cc1CCC(=O)O. The summed E-state index contributed by atoms with van der Waals surface area (Å²) in [5, 5.41) is 11.9. The molecule has 0 bridgehead atoms. The molecule has 0 unspecified atom stereocenters. The Hall–Kier alpha value is -2.57. The highest BCUT2D eigenvalue weighted by molar-refractivity contribution is 5.91. The van der Waals surface area contributed by atoms with Crippen LogP contribution in [0, 0.1) is 0 Å². The Morgan fingerprint density at radius 3 is 2.09 bits per heavy atom. The van der Waals surface area contributed by atoms with Gasteiger partial charge in [-0.15, -0.1) is 0 Å². The number of hydrogen-bond acceptors (Lipinski definition) is 4. The van der Waals surface area contributed by atoms with Crippen LogP contribution < -0.4 is 10.1 Å². The Kier molecular flexibility index (Phi) is 16.3. The van der Waals surface area contributed by atoms with Crippen LogP contribution in [0.3, 0.4) is 0 Å². The number of carboxylic acid groups (broad SMARTS) is 1. The number of aryl methyl sites for hydroxylation is 1. The van der Waals surface area contributed by atoms with E-state index in [1.807, 2.05) is 0 Å². The molecule has 0 saturated carbocycles. The lowest BCUT2D eigenvalue weighted by molar-refractivity contribution is -0.137. The van der Waals surface area contributed by atoms with Gasteiger partial charge in [0.1, 0.15) is 5.75 Å². The summed E-state index contributed by atoms with van der Waals surface area (Å²) in [6, 6.07) is 5.37. The zero-order chi connectivity index (χ0) is 25.9. The summed E-state index contributed by atoms with van der Waals surface area (Å²) in [4.78, 5) is 36.5. The molecule has 0 aliphatic rings. The van der Waals surface area contributed by atoms with Crippen LogP contribution in [0.2, 0.25) is 0 Å². The second-order valence-corrected chi connectivity index (χ2v) is 9.44. The third-order valence-corrected chi connectivity index (χ3v) is 6.00. The number of aliphatic carboxylic acids is 1. The van der Waals surface area contributed by atoms with Gasteiger partial charge in [0.25, 0.3) is 0 Å². The molecule has 1 rings (SSSR count). The number of nitrogens with zero attached hydrogens (tertiary/aromatic N) is 1. The lowest BCUT2D eigenvalue weighted by Gasteiger charge is -2.14. The smallest absolute Gasteiger partial charge is 0.303 e. The van der Waals surface area contributed by atoms with Gasteiger partial charge in [-0.3, -0.25) is 14.4 Å².